The topological polar surface area (TPSA) is 33.7 Å². The molecule has 1 N–H and O–H groups in total. The molecule has 25 heavy (non-hydrogen) atoms. The highest BCUT2D eigenvalue weighted by Crippen LogP contribution is 2.30. The summed E-state index contributed by atoms with van der Waals surface area (Å²) in [5.74, 6) is 1.62. The van der Waals surface area contributed by atoms with Crippen molar-refractivity contribution in [2.45, 2.75) is 32.0 Å². The molecule has 0 radical (unpaired) electrons. The first kappa shape index (κ1) is 20.0. The summed E-state index contributed by atoms with van der Waals surface area (Å²) in [6.07, 6.45) is 2.52. The van der Waals surface area contributed by atoms with Crippen molar-refractivity contribution in [3.63, 3.8) is 0 Å². The van der Waals surface area contributed by atoms with Crippen LogP contribution in [0.2, 0.25) is 0 Å². The van der Waals surface area contributed by atoms with E-state index in [0.717, 1.165) is 31.1 Å². The number of nitrogens with one attached hydrogen (secondary N) is 1. The molecule has 0 bridgehead atoms. The summed E-state index contributed by atoms with van der Waals surface area (Å²) >= 11 is 1.71. The summed E-state index contributed by atoms with van der Waals surface area (Å²) in [6, 6.07) is 11.0. The normalized spacial score (nSPS) is 17.8. The Morgan fingerprint density at radius 2 is 2.16 bits per heavy atom. The second kappa shape index (κ2) is 10.0. The molecule has 1 saturated heterocycles. The molecule has 3 rings (SSSR count). The molecule has 1 fully saturated rings. The standard InChI is InChI=1S/C19H26N2O2S.ClH/c1-20-16-5-3-9-21(13-16)12-15-7-8-18(19(11-15)22-2)23-14-17-6-4-10-24-17;/h4,6-8,10-11,16,20H,3,5,9,12-14H2,1-2H3;1H. The van der Waals surface area contributed by atoms with E-state index in [1.54, 1.807) is 18.4 Å². The van der Waals surface area contributed by atoms with Crippen LogP contribution in [0.15, 0.2) is 35.7 Å². The fraction of sp³-hybridized carbons (Fsp3) is 0.474. The zero-order valence-corrected chi connectivity index (χ0v) is 16.5. The number of methoxy groups -OCH3 is 1. The third kappa shape index (κ3) is 5.61. The van der Waals surface area contributed by atoms with Gasteiger partial charge in [-0.05, 0) is 55.6 Å². The van der Waals surface area contributed by atoms with Crippen molar-refractivity contribution in [2.24, 2.45) is 0 Å². The number of piperidine rings is 1. The smallest absolute Gasteiger partial charge is 0.161 e. The summed E-state index contributed by atoms with van der Waals surface area (Å²) < 4.78 is 11.4. The quantitative estimate of drug-likeness (QED) is 0.786. The molecule has 4 nitrogen and oxygen atoms in total. The molecular formula is C19H27ClN2O2S. The highest BCUT2D eigenvalue weighted by molar-refractivity contribution is 7.09. The summed E-state index contributed by atoms with van der Waals surface area (Å²) in [4.78, 5) is 3.72. The van der Waals surface area contributed by atoms with Crippen LogP contribution in [-0.2, 0) is 13.2 Å². The summed E-state index contributed by atoms with van der Waals surface area (Å²) in [7, 11) is 3.76. The fourth-order valence-electron chi connectivity index (χ4n) is 3.17. The largest absolute Gasteiger partial charge is 0.493 e. The van der Waals surface area contributed by atoms with Crippen LogP contribution in [0, 0.1) is 0 Å². The van der Waals surface area contributed by atoms with E-state index >= 15 is 0 Å². The van der Waals surface area contributed by atoms with Crippen LogP contribution >= 0.6 is 23.7 Å². The van der Waals surface area contributed by atoms with Crippen LogP contribution in [0.5, 0.6) is 11.5 Å². The zero-order chi connectivity index (χ0) is 16.8. The maximum atomic E-state index is 5.91. The number of halogens is 1. The lowest BCUT2D eigenvalue weighted by atomic mass is 10.0. The van der Waals surface area contributed by atoms with Gasteiger partial charge in [0.15, 0.2) is 11.5 Å². The molecule has 0 spiro atoms. The molecule has 1 atom stereocenters. The van der Waals surface area contributed by atoms with Gasteiger partial charge in [-0.1, -0.05) is 12.1 Å². The summed E-state index contributed by atoms with van der Waals surface area (Å²) in [6.45, 7) is 3.82. The third-order valence-corrected chi connectivity index (χ3v) is 5.35. The van der Waals surface area contributed by atoms with E-state index in [-0.39, 0.29) is 12.4 Å². The Hall–Kier alpha value is -1.27. The van der Waals surface area contributed by atoms with E-state index < -0.39 is 0 Å². The van der Waals surface area contributed by atoms with Crippen LogP contribution in [0.25, 0.3) is 0 Å². The van der Waals surface area contributed by atoms with Crippen LogP contribution in [-0.4, -0.2) is 38.2 Å². The average molecular weight is 383 g/mol. The molecule has 1 aliphatic rings. The Labute approximate surface area is 160 Å². The minimum atomic E-state index is 0. The lowest BCUT2D eigenvalue weighted by Crippen LogP contribution is -2.43. The van der Waals surface area contributed by atoms with Gasteiger partial charge in [-0.3, -0.25) is 4.90 Å². The van der Waals surface area contributed by atoms with E-state index in [1.807, 2.05) is 12.1 Å². The average Bonchev–Trinajstić information content (AvgIpc) is 3.14. The van der Waals surface area contributed by atoms with Gasteiger partial charge in [0.2, 0.25) is 0 Å². The van der Waals surface area contributed by atoms with Gasteiger partial charge < -0.3 is 14.8 Å². The molecular weight excluding hydrogens is 356 g/mol. The number of benzene rings is 1. The first-order chi connectivity index (χ1) is 11.8. The third-order valence-electron chi connectivity index (χ3n) is 4.50. The molecule has 1 aliphatic heterocycles. The molecule has 6 heteroatoms. The molecule has 138 valence electrons. The van der Waals surface area contributed by atoms with Crippen LogP contribution in [0.1, 0.15) is 23.3 Å². The van der Waals surface area contributed by atoms with Crippen molar-refractivity contribution in [1.29, 1.82) is 0 Å². The zero-order valence-electron chi connectivity index (χ0n) is 14.9. The van der Waals surface area contributed by atoms with Gasteiger partial charge >= 0.3 is 0 Å². The fourth-order valence-corrected chi connectivity index (χ4v) is 3.78. The summed E-state index contributed by atoms with van der Waals surface area (Å²) in [5, 5.41) is 5.46. The first-order valence-electron chi connectivity index (χ1n) is 8.50. The Morgan fingerprint density at radius 1 is 1.28 bits per heavy atom. The number of ether oxygens (including phenoxy) is 2. The van der Waals surface area contributed by atoms with Crippen LogP contribution in [0.3, 0.4) is 0 Å². The van der Waals surface area contributed by atoms with Crippen LogP contribution in [0.4, 0.5) is 0 Å². The van der Waals surface area contributed by atoms with Crippen molar-refractivity contribution >= 4 is 23.7 Å². The Morgan fingerprint density at radius 3 is 2.88 bits per heavy atom. The highest BCUT2D eigenvalue weighted by Gasteiger charge is 2.18. The predicted octanol–water partition coefficient (Wildman–Crippen LogP) is 3.94. The van der Waals surface area contributed by atoms with Crippen LogP contribution < -0.4 is 14.8 Å². The molecule has 1 aromatic carbocycles. The van der Waals surface area contributed by atoms with Crippen molar-refractivity contribution in [3.8, 4) is 11.5 Å². The first-order valence-corrected chi connectivity index (χ1v) is 9.38. The van der Waals surface area contributed by atoms with Crippen molar-refractivity contribution in [1.82, 2.24) is 10.2 Å². The molecule has 2 heterocycles. The van der Waals surface area contributed by atoms with Gasteiger partial charge in [-0.2, -0.15) is 0 Å². The number of hydrogen-bond acceptors (Lipinski definition) is 5. The lowest BCUT2D eigenvalue weighted by molar-refractivity contribution is 0.187. The lowest BCUT2D eigenvalue weighted by Gasteiger charge is -2.32. The monoisotopic (exact) mass is 382 g/mol. The minimum Gasteiger partial charge on any atom is -0.493 e. The predicted molar refractivity (Wildman–Crippen MR) is 106 cm³/mol. The molecule has 0 aliphatic carbocycles. The Balaban J connectivity index is 0.00000225. The summed E-state index contributed by atoms with van der Waals surface area (Å²) in [5.41, 5.74) is 1.27. The minimum absolute atomic E-state index is 0. The van der Waals surface area contributed by atoms with Gasteiger partial charge in [0, 0.05) is 24.0 Å². The molecule has 1 aromatic heterocycles. The highest BCUT2D eigenvalue weighted by atomic mass is 35.5. The molecule has 2 aromatic rings. The SMILES string of the molecule is CNC1CCCN(Cc2ccc(OCc3cccs3)c(OC)c2)C1.Cl. The van der Waals surface area contributed by atoms with E-state index in [4.69, 9.17) is 9.47 Å². The van der Waals surface area contributed by atoms with Crippen molar-refractivity contribution in [2.75, 3.05) is 27.2 Å². The number of likely N-dealkylation sites (tertiary alicyclic amines) is 1. The van der Waals surface area contributed by atoms with Crippen molar-refractivity contribution < 1.29 is 9.47 Å². The van der Waals surface area contributed by atoms with E-state index in [1.165, 1.54) is 23.3 Å². The second-order valence-electron chi connectivity index (χ2n) is 6.22. The van der Waals surface area contributed by atoms with Gasteiger partial charge in [0.05, 0.1) is 7.11 Å². The number of hydrogen-bond donors (Lipinski definition) is 1. The van der Waals surface area contributed by atoms with Crippen molar-refractivity contribution in [3.05, 3.63) is 46.2 Å². The Kier molecular flexibility index (Phi) is 8.03. The maximum Gasteiger partial charge on any atom is 0.161 e. The van der Waals surface area contributed by atoms with E-state index in [0.29, 0.717) is 12.6 Å². The Bertz CT molecular complexity index is 636. The van der Waals surface area contributed by atoms with E-state index in [9.17, 15) is 0 Å². The van der Waals surface area contributed by atoms with Gasteiger partial charge in [0.25, 0.3) is 0 Å². The van der Waals surface area contributed by atoms with Gasteiger partial charge in [-0.25, -0.2) is 0 Å². The molecule has 1 unspecified atom stereocenters. The number of thiophene rings is 1. The van der Waals surface area contributed by atoms with Gasteiger partial charge in [-0.15, -0.1) is 23.7 Å². The van der Waals surface area contributed by atoms with Gasteiger partial charge in [0.1, 0.15) is 6.61 Å². The maximum absolute atomic E-state index is 5.91. The number of likely N-dealkylation sites (N-methyl/N-ethyl adjacent to an activating group) is 1. The number of nitrogens with zero attached hydrogens (tertiary/aromatic N) is 1. The number of rotatable bonds is 7. The molecule has 0 amide bonds. The second-order valence-corrected chi connectivity index (χ2v) is 7.25. The van der Waals surface area contributed by atoms with E-state index in [2.05, 4.69) is 40.8 Å². The molecule has 0 saturated carbocycles.